The Morgan fingerprint density at radius 1 is 1.41 bits per heavy atom. The molecule has 1 N–H and O–H groups in total. The van der Waals surface area contributed by atoms with Crippen molar-refractivity contribution in [2.45, 2.75) is 25.4 Å². The van der Waals surface area contributed by atoms with Crippen LogP contribution in [0.15, 0.2) is 15.9 Å². The molecule has 0 bridgehead atoms. The van der Waals surface area contributed by atoms with Gasteiger partial charge in [0.15, 0.2) is 0 Å². The molecule has 0 atom stereocenters. The topological polar surface area (TPSA) is 29.1 Å². The predicted octanol–water partition coefficient (Wildman–Crippen LogP) is 3.97. The van der Waals surface area contributed by atoms with Crippen LogP contribution < -0.4 is 5.32 Å². The summed E-state index contributed by atoms with van der Waals surface area (Å²) in [4.78, 5) is 12.1. The number of hydrogen-bond acceptors (Lipinski definition) is 2. The van der Waals surface area contributed by atoms with Crippen LogP contribution in [0.2, 0.25) is 0 Å². The molecule has 0 saturated heterocycles. The van der Waals surface area contributed by atoms with Crippen molar-refractivity contribution in [3.05, 3.63) is 20.8 Å². The predicted molar refractivity (Wildman–Crippen MR) is 64.3 cm³/mol. The van der Waals surface area contributed by atoms with E-state index in [2.05, 4.69) is 21.2 Å². The number of amides is 1. The van der Waals surface area contributed by atoms with Crippen LogP contribution in [0.5, 0.6) is 0 Å². The summed E-state index contributed by atoms with van der Waals surface area (Å²) in [6, 6.07) is 1.75. The zero-order valence-electron chi connectivity index (χ0n) is 8.81. The molecule has 1 rings (SSSR count). The summed E-state index contributed by atoms with van der Waals surface area (Å²) in [6.45, 7) is 0.263. The summed E-state index contributed by atoms with van der Waals surface area (Å²) in [6.07, 6.45) is -4.55. The highest BCUT2D eigenvalue weighted by atomic mass is 79.9. The summed E-state index contributed by atoms with van der Waals surface area (Å²) < 4.78 is 36.2. The second kappa shape index (κ2) is 6.39. The van der Waals surface area contributed by atoms with E-state index in [-0.39, 0.29) is 18.9 Å². The third-order valence-corrected chi connectivity index (χ3v) is 3.83. The van der Waals surface area contributed by atoms with Crippen molar-refractivity contribution in [1.29, 1.82) is 0 Å². The minimum atomic E-state index is -4.11. The zero-order chi connectivity index (χ0) is 12.9. The van der Waals surface area contributed by atoms with Crippen molar-refractivity contribution in [2.24, 2.45) is 0 Å². The molecule has 0 radical (unpaired) electrons. The van der Waals surface area contributed by atoms with Crippen LogP contribution in [0.25, 0.3) is 0 Å². The van der Waals surface area contributed by atoms with Crippen LogP contribution in [-0.2, 0) is 0 Å². The number of unbranched alkanes of at least 4 members (excludes halogenated alkanes) is 1. The standard InChI is InChI=1S/C10H11BrF3NOS/c11-7-3-6-17-8(7)9(16)15-5-2-1-4-10(12,13)14/h3,6H,1-2,4-5H2,(H,15,16). The minimum Gasteiger partial charge on any atom is -0.351 e. The summed E-state index contributed by atoms with van der Waals surface area (Å²) in [5, 5.41) is 4.35. The van der Waals surface area contributed by atoms with E-state index in [0.717, 1.165) is 0 Å². The van der Waals surface area contributed by atoms with Gasteiger partial charge in [-0.1, -0.05) is 0 Å². The van der Waals surface area contributed by atoms with Gasteiger partial charge in [-0.2, -0.15) is 13.2 Å². The van der Waals surface area contributed by atoms with E-state index in [9.17, 15) is 18.0 Å². The van der Waals surface area contributed by atoms with Crippen molar-refractivity contribution in [2.75, 3.05) is 6.54 Å². The van der Waals surface area contributed by atoms with Crippen LogP contribution in [0, 0.1) is 0 Å². The molecule has 1 aromatic heterocycles. The van der Waals surface area contributed by atoms with E-state index in [4.69, 9.17) is 0 Å². The molecule has 0 fully saturated rings. The number of halogens is 4. The number of alkyl halides is 3. The third-order valence-electron chi connectivity index (χ3n) is 2.00. The van der Waals surface area contributed by atoms with Gasteiger partial charge in [-0.05, 0) is 40.2 Å². The van der Waals surface area contributed by atoms with E-state index in [1.807, 2.05) is 0 Å². The fraction of sp³-hybridized carbons (Fsp3) is 0.500. The van der Waals surface area contributed by atoms with E-state index in [0.29, 0.717) is 15.8 Å². The van der Waals surface area contributed by atoms with Crippen LogP contribution in [0.3, 0.4) is 0 Å². The lowest BCUT2D eigenvalue weighted by atomic mass is 10.2. The number of carbonyl (C=O) groups is 1. The maximum Gasteiger partial charge on any atom is 0.389 e. The van der Waals surface area contributed by atoms with Gasteiger partial charge < -0.3 is 5.32 Å². The van der Waals surface area contributed by atoms with Crippen LogP contribution in [-0.4, -0.2) is 18.6 Å². The SMILES string of the molecule is O=C(NCCCCC(F)(F)F)c1sccc1Br. The first-order valence-electron chi connectivity index (χ1n) is 4.98. The fourth-order valence-corrected chi connectivity index (χ4v) is 2.66. The Labute approximate surface area is 109 Å². The van der Waals surface area contributed by atoms with Crippen molar-refractivity contribution in [3.63, 3.8) is 0 Å². The first-order chi connectivity index (χ1) is 7.90. The molecule has 17 heavy (non-hydrogen) atoms. The number of hydrogen-bond donors (Lipinski definition) is 1. The molecule has 2 nitrogen and oxygen atoms in total. The highest BCUT2D eigenvalue weighted by Crippen LogP contribution is 2.23. The molecule has 0 aromatic carbocycles. The Bertz CT molecular complexity index is 378. The summed E-state index contributed by atoms with van der Waals surface area (Å²) in [5.74, 6) is -0.251. The number of thiophene rings is 1. The lowest BCUT2D eigenvalue weighted by Crippen LogP contribution is -2.24. The highest BCUT2D eigenvalue weighted by Gasteiger charge is 2.25. The van der Waals surface area contributed by atoms with Crippen LogP contribution >= 0.6 is 27.3 Å². The quantitative estimate of drug-likeness (QED) is 0.813. The van der Waals surface area contributed by atoms with Gasteiger partial charge >= 0.3 is 6.18 Å². The van der Waals surface area contributed by atoms with Crippen molar-refractivity contribution < 1.29 is 18.0 Å². The Morgan fingerprint density at radius 3 is 2.65 bits per heavy atom. The number of rotatable bonds is 5. The van der Waals surface area contributed by atoms with Gasteiger partial charge in [0.05, 0.1) is 0 Å². The van der Waals surface area contributed by atoms with E-state index in [1.54, 1.807) is 11.4 Å². The van der Waals surface area contributed by atoms with Gasteiger partial charge in [-0.3, -0.25) is 4.79 Å². The van der Waals surface area contributed by atoms with Gasteiger partial charge in [0.2, 0.25) is 0 Å². The van der Waals surface area contributed by atoms with Crippen molar-refractivity contribution in [3.8, 4) is 0 Å². The first-order valence-corrected chi connectivity index (χ1v) is 6.65. The van der Waals surface area contributed by atoms with Gasteiger partial charge in [-0.15, -0.1) is 11.3 Å². The molecule has 0 spiro atoms. The lowest BCUT2D eigenvalue weighted by molar-refractivity contribution is -0.135. The molecule has 0 aliphatic heterocycles. The minimum absolute atomic E-state index is 0.0371. The molecule has 96 valence electrons. The second-order valence-corrected chi connectivity index (χ2v) is 5.20. The maximum absolute atomic E-state index is 11.8. The Hall–Kier alpha value is -0.560. The van der Waals surface area contributed by atoms with Gasteiger partial charge in [0, 0.05) is 17.4 Å². The van der Waals surface area contributed by atoms with E-state index < -0.39 is 12.6 Å². The molecule has 7 heteroatoms. The third kappa shape index (κ3) is 5.54. The second-order valence-electron chi connectivity index (χ2n) is 3.43. The molecule has 0 aliphatic rings. The number of carbonyl (C=O) groups excluding carboxylic acids is 1. The number of nitrogens with one attached hydrogen (secondary N) is 1. The lowest BCUT2D eigenvalue weighted by Gasteiger charge is -2.06. The average Bonchev–Trinajstić information content (AvgIpc) is 2.62. The molecule has 1 heterocycles. The average molecular weight is 330 g/mol. The monoisotopic (exact) mass is 329 g/mol. The Balaban J connectivity index is 2.20. The van der Waals surface area contributed by atoms with Crippen molar-refractivity contribution >= 4 is 33.2 Å². The highest BCUT2D eigenvalue weighted by molar-refractivity contribution is 9.10. The fourth-order valence-electron chi connectivity index (χ4n) is 1.19. The van der Waals surface area contributed by atoms with Crippen LogP contribution in [0.4, 0.5) is 13.2 Å². The summed E-state index contributed by atoms with van der Waals surface area (Å²) in [5.41, 5.74) is 0. The van der Waals surface area contributed by atoms with Gasteiger partial charge in [0.25, 0.3) is 5.91 Å². The Kier molecular flexibility index (Phi) is 5.45. The van der Waals surface area contributed by atoms with Gasteiger partial charge in [0.1, 0.15) is 4.88 Å². The largest absolute Gasteiger partial charge is 0.389 e. The normalized spacial score (nSPS) is 11.5. The molecule has 0 unspecified atom stereocenters. The molecule has 1 amide bonds. The van der Waals surface area contributed by atoms with E-state index >= 15 is 0 Å². The summed E-state index contributed by atoms with van der Waals surface area (Å²) in [7, 11) is 0. The molecule has 0 saturated carbocycles. The van der Waals surface area contributed by atoms with Crippen LogP contribution in [0.1, 0.15) is 28.9 Å². The molecular weight excluding hydrogens is 319 g/mol. The smallest absolute Gasteiger partial charge is 0.351 e. The molecule has 0 aliphatic carbocycles. The Morgan fingerprint density at radius 2 is 2.12 bits per heavy atom. The zero-order valence-corrected chi connectivity index (χ0v) is 11.2. The molecule has 1 aromatic rings. The van der Waals surface area contributed by atoms with E-state index in [1.165, 1.54) is 11.3 Å². The molecular formula is C10H11BrF3NOS. The first kappa shape index (κ1) is 14.5. The van der Waals surface area contributed by atoms with Gasteiger partial charge in [-0.25, -0.2) is 0 Å². The maximum atomic E-state index is 11.8. The van der Waals surface area contributed by atoms with Crippen molar-refractivity contribution in [1.82, 2.24) is 5.32 Å². The summed E-state index contributed by atoms with van der Waals surface area (Å²) >= 11 is 4.50.